The molecule has 204 valence electrons. The van der Waals surface area contributed by atoms with Gasteiger partial charge in [-0.15, -0.1) is 0 Å². The molecule has 0 amide bonds. The molecule has 0 N–H and O–H groups in total. The maximum Gasteiger partial charge on any atom is 0.125 e. The summed E-state index contributed by atoms with van der Waals surface area (Å²) in [6, 6.07) is 9.26. The van der Waals surface area contributed by atoms with Gasteiger partial charge in [-0.3, -0.25) is 0 Å². The van der Waals surface area contributed by atoms with E-state index in [4.69, 9.17) is 28.4 Å². The van der Waals surface area contributed by atoms with Crippen molar-refractivity contribution in [2.24, 2.45) is 0 Å². The standard InChI is InChI=1S/C31H44O6/c1-5-24-14-22(15-25(6-2)30(24)34-11-9-32-18-28-20-36-28)13-23-16-26(7-3)31(27(8-4)17-23)35-12-10-33-19-29-21-37-29/h14-17,28-29H,5-13,18-21H2,1-4H3. The Kier molecular flexibility index (Phi) is 10.7. The van der Waals surface area contributed by atoms with Gasteiger partial charge in [-0.25, -0.2) is 0 Å². The van der Waals surface area contributed by atoms with Gasteiger partial charge in [0.15, 0.2) is 0 Å². The molecular formula is C31H44O6. The fourth-order valence-electron chi connectivity index (χ4n) is 4.68. The van der Waals surface area contributed by atoms with Crippen LogP contribution in [-0.4, -0.2) is 65.1 Å². The van der Waals surface area contributed by atoms with Crippen LogP contribution in [-0.2, 0) is 51.1 Å². The number of hydrogen-bond donors (Lipinski definition) is 0. The van der Waals surface area contributed by atoms with Crippen LogP contribution in [0.5, 0.6) is 11.5 Å². The molecule has 2 aliphatic rings. The second-order valence-corrected chi connectivity index (χ2v) is 9.83. The van der Waals surface area contributed by atoms with Crippen LogP contribution in [0.4, 0.5) is 0 Å². The van der Waals surface area contributed by atoms with Crippen LogP contribution in [0.25, 0.3) is 0 Å². The molecule has 2 saturated heterocycles. The molecule has 2 unspecified atom stereocenters. The largest absolute Gasteiger partial charge is 0.491 e. The molecule has 0 bridgehead atoms. The van der Waals surface area contributed by atoms with Gasteiger partial charge in [0.2, 0.25) is 0 Å². The topological polar surface area (TPSA) is 62.0 Å². The van der Waals surface area contributed by atoms with Gasteiger partial charge in [0.05, 0.1) is 39.6 Å². The molecule has 4 rings (SSSR count). The van der Waals surface area contributed by atoms with Crippen molar-refractivity contribution in [3.8, 4) is 11.5 Å². The molecule has 2 aliphatic heterocycles. The molecule has 0 aromatic heterocycles. The minimum atomic E-state index is 0.292. The van der Waals surface area contributed by atoms with Gasteiger partial charge in [0.25, 0.3) is 0 Å². The molecule has 0 spiro atoms. The zero-order valence-corrected chi connectivity index (χ0v) is 23.1. The number of epoxide rings is 2. The number of aryl methyl sites for hydroxylation is 4. The van der Waals surface area contributed by atoms with Crippen LogP contribution in [0.2, 0.25) is 0 Å². The second-order valence-electron chi connectivity index (χ2n) is 9.83. The van der Waals surface area contributed by atoms with Crippen molar-refractivity contribution in [1.29, 1.82) is 0 Å². The zero-order valence-electron chi connectivity index (χ0n) is 23.1. The Balaban J connectivity index is 1.41. The molecule has 2 aromatic carbocycles. The SMILES string of the molecule is CCc1cc(Cc2cc(CC)c(OCCOCC3CO3)c(CC)c2)cc(CC)c1OCCOCC1CO1. The Labute approximate surface area is 222 Å². The average Bonchev–Trinajstić information content (AvgIpc) is 3.84. The molecule has 6 heteroatoms. The first-order valence-corrected chi connectivity index (χ1v) is 14.1. The van der Waals surface area contributed by atoms with Gasteiger partial charge in [-0.05, 0) is 65.5 Å². The number of ether oxygens (including phenoxy) is 6. The van der Waals surface area contributed by atoms with Crippen LogP contribution >= 0.6 is 0 Å². The summed E-state index contributed by atoms with van der Waals surface area (Å²) in [6.45, 7) is 14.1. The van der Waals surface area contributed by atoms with Crippen molar-refractivity contribution in [3.63, 3.8) is 0 Å². The van der Waals surface area contributed by atoms with Crippen molar-refractivity contribution >= 4 is 0 Å². The van der Waals surface area contributed by atoms with E-state index in [2.05, 4.69) is 52.0 Å². The van der Waals surface area contributed by atoms with Crippen LogP contribution in [0, 0.1) is 0 Å². The van der Waals surface area contributed by atoms with Gasteiger partial charge in [-0.2, -0.15) is 0 Å². The van der Waals surface area contributed by atoms with Gasteiger partial charge in [0.1, 0.15) is 36.9 Å². The number of rotatable bonds is 18. The highest BCUT2D eigenvalue weighted by molar-refractivity contribution is 5.49. The summed E-state index contributed by atoms with van der Waals surface area (Å²) in [6.07, 6.45) is 5.24. The van der Waals surface area contributed by atoms with Crippen LogP contribution in [0.15, 0.2) is 24.3 Å². The second kappa shape index (κ2) is 14.1. The minimum absolute atomic E-state index is 0.292. The van der Waals surface area contributed by atoms with Crippen molar-refractivity contribution in [3.05, 3.63) is 57.6 Å². The van der Waals surface area contributed by atoms with Crippen LogP contribution in [0.3, 0.4) is 0 Å². The van der Waals surface area contributed by atoms with Gasteiger partial charge in [0, 0.05) is 0 Å². The van der Waals surface area contributed by atoms with Crippen molar-refractivity contribution in [1.82, 2.24) is 0 Å². The Morgan fingerprint density at radius 1 is 0.595 bits per heavy atom. The Hall–Kier alpha value is -2.12. The lowest BCUT2D eigenvalue weighted by molar-refractivity contribution is 0.0873. The van der Waals surface area contributed by atoms with Crippen LogP contribution in [0.1, 0.15) is 61.1 Å². The lowest BCUT2D eigenvalue weighted by atomic mass is 9.93. The highest BCUT2D eigenvalue weighted by Crippen LogP contribution is 2.31. The molecule has 2 fully saturated rings. The van der Waals surface area contributed by atoms with E-state index in [1.165, 1.54) is 33.4 Å². The summed E-state index contributed by atoms with van der Waals surface area (Å²) in [5.41, 5.74) is 7.73. The average molecular weight is 513 g/mol. The third-order valence-electron chi connectivity index (χ3n) is 6.90. The molecule has 0 aliphatic carbocycles. The summed E-state index contributed by atoms with van der Waals surface area (Å²) < 4.78 is 34.1. The fourth-order valence-corrected chi connectivity index (χ4v) is 4.68. The Morgan fingerprint density at radius 2 is 0.946 bits per heavy atom. The predicted molar refractivity (Wildman–Crippen MR) is 145 cm³/mol. The Morgan fingerprint density at radius 3 is 1.24 bits per heavy atom. The van der Waals surface area contributed by atoms with E-state index in [-0.39, 0.29) is 0 Å². The summed E-state index contributed by atoms with van der Waals surface area (Å²) >= 11 is 0. The fraction of sp³-hybridized carbons (Fsp3) is 0.613. The van der Waals surface area contributed by atoms with Gasteiger partial charge in [-0.1, -0.05) is 52.0 Å². The Bertz CT molecular complexity index is 866. The highest BCUT2D eigenvalue weighted by atomic mass is 16.6. The monoisotopic (exact) mass is 512 g/mol. The summed E-state index contributed by atoms with van der Waals surface area (Å²) in [5.74, 6) is 2.06. The zero-order chi connectivity index (χ0) is 26.0. The third-order valence-corrected chi connectivity index (χ3v) is 6.90. The third kappa shape index (κ3) is 8.44. The normalized spacial score (nSPS) is 18.2. The molecular weight excluding hydrogens is 468 g/mol. The maximum absolute atomic E-state index is 6.22. The number of hydrogen-bond acceptors (Lipinski definition) is 6. The predicted octanol–water partition coefficient (Wildman–Crippen LogP) is 5.12. The molecule has 2 aromatic rings. The highest BCUT2D eigenvalue weighted by Gasteiger charge is 2.23. The first-order valence-electron chi connectivity index (χ1n) is 14.1. The van der Waals surface area contributed by atoms with E-state index in [9.17, 15) is 0 Å². The molecule has 37 heavy (non-hydrogen) atoms. The van der Waals surface area contributed by atoms with Crippen molar-refractivity contribution in [2.45, 2.75) is 72.0 Å². The number of benzene rings is 2. The smallest absolute Gasteiger partial charge is 0.125 e. The molecule has 2 atom stereocenters. The summed E-state index contributed by atoms with van der Waals surface area (Å²) in [4.78, 5) is 0. The summed E-state index contributed by atoms with van der Waals surface area (Å²) in [5, 5.41) is 0. The molecule has 6 nitrogen and oxygen atoms in total. The van der Waals surface area contributed by atoms with E-state index >= 15 is 0 Å². The van der Waals surface area contributed by atoms with Crippen molar-refractivity contribution in [2.75, 3.05) is 52.9 Å². The minimum Gasteiger partial charge on any atom is -0.491 e. The lowest BCUT2D eigenvalue weighted by Gasteiger charge is -2.19. The van der Waals surface area contributed by atoms with Gasteiger partial charge < -0.3 is 28.4 Å². The van der Waals surface area contributed by atoms with Crippen molar-refractivity contribution < 1.29 is 28.4 Å². The van der Waals surface area contributed by atoms with E-state index in [1.54, 1.807) is 0 Å². The molecule has 2 heterocycles. The van der Waals surface area contributed by atoms with E-state index in [0.717, 1.165) is 56.8 Å². The molecule has 0 saturated carbocycles. The van der Waals surface area contributed by atoms with E-state index in [0.29, 0.717) is 51.8 Å². The first kappa shape index (κ1) is 27.9. The maximum atomic E-state index is 6.22. The van der Waals surface area contributed by atoms with Gasteiger partial charge >= 0.3 is 0 Å². The van der Waals surface area contributed by atoms with Crippen LogP contribution < -0.4 is 9.47 Å². The summed E-state index contributed by atoms with van der Waals surface area (Å²) in [7, 11) is 0. The lowest BCUT2D eigenvalue weighted by Crippen LogP contribution is -2.12. The first-order chi connectivity index (χ1) is 18.1. The molecule has 0 radical (unpaired) electrons. The van der Waals surface area contributed by atoms with E-state index in [1.807, 2.05) is 0 Å². The van der Waals surface area contributed by atoms with E-state index < -0.39 is 0 Å². The quantitative estimate of drug-likeness (QED) is 0.204.